The summed E-state index contributed by atoms with van der Waals surface area (Å²) in [6.07, 6.45) is 7.90. The van der Waals surface area contributed by atoms with Crippen LogP contribution in [0.1, 0.15) is 44.1 Å². The summed E-state index contributed by atoms with van der Waals surface area (Å²) in [5.74, 6) is 2.17. The predicted octanol–water partition coefficient (Wildman–Crippen LogP) is 4.60. The lowest BCUT2D eigenvalue weighted by Crippen LogP contribution is -2.52. The van der Waals surface area contributed by atoms with Crippen LogP contribution in [-0.4, -0.2) is 11.2 Å². The summed E-state index contributed by atoms with van der Waals surface area (Å²) < 4.78 is 13.2. The summed E-state index contributed by atoms with van der Waals surface area (Å²) in [6.45, 7) is 0. The third-order valence-corrected chi connectivity index (χ3v) is 6.57. The zero-order chi connectivity index (χ0) is 14.6. The Labute approximate surface area is 130 Å². The number of halogens is 2. The van der Waals surface area contributed by atoms with Gasteiger partial charge in [-0.25, -0.2) is 4.39 Å². The van der Waals surface area contributed by atoms with Crippen molar-refractivity contribution in [1.82, 2.24) is 0 Å². The smallest absolute Gasteiger partial charge is 0.124 e. The second-order valence-corrected chi connectivity index (χ2v) is 8.14. The van der Waals surface area contributed by atoms with Crippen LogP contribution in [0.5, 0.6) is 0 Å². The van der Waals surface area contributed by atoms with Crippen molar-refractivity contribution in [3.63, 3.8) is 0 Å². The van der Waals surface area contributed by atoms with Crippen LogP contribution >= 0.6 is 11.6 Å². The van der Waals surface area contributed by atoms with Gasteiger partial charge in [0, 0.05) is 11.4 Å². The molecule has 0 saturated heterocycles. The van der Waals surface area contributed by atoms with Gasteiger partial charge >= 0.3 is 0 Å². The van der Waals surface area contributed by atoms with Gasteiger partial charge in [0.1, 0.15) is 5.82 Å². The molecule has 5 rings (SSSR count). The Kier molecular flexibility index (Phi) is 3.31. The highest BCUT2D eigenvalue weighted by Crippen LogP contribution is 2.61. The Bertz CT molecular complexity index is 521. The summed E-state index contributed by atoms with van der Waals surface area (Å²) in [7, 11) is 0. The van der Waals surface area contributed by atoms with Gasteiger partial charge in [0.25, 0.3) is 0 Å². The van der Waals surface area contributed by atoms with Crippen molar-refractivity contribution in [3.8, 4) is 0 Å². The molecule has 4 bridgehead atoms. The largest absolute Gasteiger partial charge is 0.392 e. The Morgan fingerprint density at radius 3 is 2.24 bits per heavy atom. The average molecular weight is 309 g/mol. The molecule has 21 heavy (non-hydrogen) atoms. The number of benzene rings is 1. The molecule has 4 fully saturated rings. The fourth-order valence-corrected chi connectivity index (χ4v) is 5.94. The van der Waals surface area contributed by atoms with Gasteiger partial charge < -0.3 is 5.11 Å². The van der Waals surface area contributed by atoms with Crippen LogP contribution in [0.3, 0.4) is 0 Å². The van der Waals surface area contributed by atoms with E-state index in [0.717, 1.165) is 23.3 Å². The van der Waals surface area contributed by atoms with E-state index in [0.29, 0.717) is 11.4 Å². The van der Waals surface area contributed by atoms with Crippen LogP contribution in [0.2, 0.25) is 5.02 Å². The Balaban J connectivity index is 1.56. The van der Waals surface area contributed by atoms with E-state index < -0.39 is 0 Å². The normalized spacial score (nSPS) is 38.7. The molecule has 0 radical (unpaired) electrons. The summed E-state index contributed by atoms with van der Waals surface area (Å²) >= 11 is 6.13. The van der Waals surface area contributed by atoms with Crippen molar-refractivity contribution in [2.45, 2.75) is 51.0 Å². The molecular weight excluding hydrogens is 287 g/mol. The maximum Gasteiger partial charge on any atom is 0.124 e. The van der Waals surface area contributed by atoms with E-state index in [1.807, 2.05) is 0 Å². The highest BCUT2D eigenvalue weighted by atomic mass is 35.5. The third kappa shape index (κ3) is 2.41. The van der Waals surface area contributed by atoms with Gasteiger partial charge in [-0.3, -0.25) is 0 Å². The van der Waals surface area contributed by atoms with Gasteiger partial charge in [0.05, 0.1) is 6.10 Å². The molecule has 1 aromatic rings. The fourth-order valence-electron chi connectivity index (χ4n) is 5.70. The molecule has 4 saturated carbocycles. The number of rotatable bonds is 3. The lowest BCUT2D eigenvalue weighted by Gasteiger charge is -2.58. The quantitative estimate of drug-likeness (QED) is 0.865. The fraction of sp³-hybridized carbons (Fsp3) is 0.667. The van der Waals surface area contributed by atoms with Gasteiger partial charge in [0.15, 0.2) is 0 Å². The molecular formula is C18H22ClFO. The average Bonchev–Trinajstić information content (AvgIpc) is 2.40. The minimum absolute atomic E-state index is 0.104. The van der Waals surface area contributed by atoms with E-state index in [9.17, 15) is 9.50 Å². The van der Waals surface area contributed by atoms with Crippen molar-refractivity contribution in [1.29, 1.82) is 0 Å². The van der Waals surface area contributed by atoms with Crippen LogP contribution in [0.15, 0.2) is 18.2 Å². The zero-order valence-electron chi connectivity index (χ0n) is 12.2. The highest BCUT2D eigenvalue weighted by Gasteiger charge is 2.53. The predicted molar refractivity (Wildman–Crippen MR) is 81.7 cm³/mol. The minimum atomic E-state index is -0.339. The molecule has 0 heterocycles. The molecule has 0 amide bonds. The number of aliphatic hydroxyl groups is 1. The third-order valence-electron chi connectivity index (χ3n) is 6.22. The highest BCUT2D eigenvalue weighted by molar-refractivity contribution is 6.31. The lowest BCUT2D eigenvalue weighted by molar-refractivity contribution is -0.119. The monoisotopic (exact) mass is 308 g/mol. The minimum Gasteiger partial charge on any atom is -0.392 e. The number of hydrogen-bond donors (Lipinski definition) is 1. The molecule has 0 aromatic heterocycles. The van der Waals surface area contributed by atoms with Crippen molar-refractivity contribution in [3.05, 3.63) is 34.6 Å². The molecule has 0 spiro atoms. The molecule has 3 heteroatoms. The van der Waals surface area contributed by atoms with Crippen molar-refractivity contribution < 1.29 is 9.50 Å². The molecule has 0 aliphatic heterocycles. The van der Waals surface area contributed by atoms with Crippen LogP contribution in [-0.2, 0) is 6.42 Å². The van der Waals surface area contributed by atoms with E-state index in [4.69, 9.17) is 11.6 Å². The summed E-state index contributed by atoms with van der Waals surface area (Å²) in [5, 5.41) is 11.4. The van der Waals surface area contributed by atoms with Crippen LogP contribution < -0.4 is 0 Å². The Morgan fingerprint density at radius 2 is 1.71 bits per heavy atom. The molecule has 1 unspecified atom stereocenters. The van der Waals surface area contributed by atoms with E-state index in [2.05, 4.69) is 0 Å². The van der Waals surface area contributed by atoms with Gasteiger partial charge in [-0.15, -0.1) is 0 Å². The Hall–Kier alpha value is -0.600. The van der Waals surface area contributed by atoms with Gasteiger partial charge in [0.2, 0.25) is 0 Å². The van der Waals surface area contributed by atoms with E-state index in [1.165, 1.54) is 50.7 Å². The van der Waals surface area contributed by atoms with Crippen LogP contribution in [0.4, 0.5) is 4.39 Å². The first kappa shape index (κ1) is 14.0. The summed E-state index contributed by atoms with van der Waals surface area (Å²) in [4.78, 5) is 0. The zero-order valence-corrected chi connectivity index (χ0v) is 13.0. The van der Waals surface area contributed by atoms with Crippen molar-refractivity contribution in [2.75, 3.05) is 0 Å². The van der Waals surface area contributed by atoms with Crippen LogP contribution in [0, 0.1) is 29.0 Å². The molecule has 114 valence electrons. The summed E-state index contributed by atoms with van der Waals surface area (Å²) in [5.41, 5.74) is 0.980. The molecule has 4 aliphatic carbocycles. The first-order valence-corrected chi connectivity index (χ1v) is 8.54. The SMILES string of the molecule is OC(Cc1ccc(F)cc1Cl)C12CC3CC(CC(C3)C1)C2. The first-order valence-electron chi connectivity index (χ1n) is 8.16. The molecule has 1 atom stereocenters. The molecule has 1 nitrogen and oxygen atoms in total. The maximum absolute atomic E-state index is 13.2. The van der Waals surface area contributed by atoms with Gasteiger partial charge in [-0.1, -0.05) is 17.7 Å². The standard InChI is InChI=1S/C18H22ClFO/c19-16-7-15(20)2-1-14(16)6-17(21)18-8-11-3-12(9-18)5-13(4-11)10-18/h1-2,7,11-13,17,21H,3-6,8-10H2. The van der Waals surface area contributed by atoms with Crippen LogP contribution in [0.25, 0.3) is 0 Å². The summed E-state index contributed by atoms with van der Waals surface area (Å²) in [6, 6.07) is 4.51. The molecule has 1 N–H and O–H groups in total. The van der Waals surface area contributed by atoms with Crippen molar-refractivity contribution >= 4 is 11.6 Å². The first-order chi connectivity index (χ1) is 10.0. The molecule has 4 aliphatic rings. The second-order valence-electron chi connectivity index (χ2n) is 7.74. The van der Waals surface area contributed by atoms with Gasteiger partial charge in [-0.2, -0.15) is 0 Å². The van der Waals surface area contributed by atoms with E-state index in [1.54, 1.807) is 6.07 Å². The topological polar surface area (TPSA) is 20.2 Å². The van der Waals surface area contributed by atoms with Gasteiger partial charge in [-0.05, 0) is 79.4 Å². The number of hydrogen-bond acceptors (Lipinski definition) is 1. The Morgan fingerprint density at radius 1 is 1.14 bits per heavy atom. The van der Waals surface area contributed by atoms with E-state index >= 15 is 0 Å². The van der Waals surface area contributed by atoms with E-state index in [-0.39, 0.29) is 17.3 Å². The second kappa shape index (κ2) is 4.96. The number of aliphatic hydroxyl groups excluding tert-OH is 1. The maximum atomic E-state index is 13.2. The molecule has 1 aromatic carbocycles. The lowest BCUT2D eigenvalue weighted by atomic mass is 9.48. The van der Waals surface area contributed by atoms with Crippen molar-refractivity contribution in [2.24, 2.45) is 23.2 Å².